The topological polar surface area (TPSA) is 89.0 Å². The number of amides is 1. The Morgan fingerprint density at radius 1 is 1.30 bits per heavy atom. The highest BCUT2D eigenvalue weighted by atomic mass is 32.2. The second-order valence-electron chi connectivity index (χ2n) is 6.49. The SMILES string of the molecule is CC1(C)CC(NC(=O)c2ccnc3ccncc23)CCS1(=O)=O. The van der Waals surface area contributed by atoms with Crippen LogP contribution < -0.4 is 5.32 Å². The summed E-state index contributed by atoms with van der Waals surface area (Å²) in [5.74, 6) is -0.116. The summed E-state index contributed by atoms with van der Waals surface area (Å²) >= 11 is 0. The summed E-state index contributed by atoms with van der Waals surface area (Å²) in [4.78, 5) is 20.8. The van der Waals surface area contributed by atoms with E-state index < -0.39 is 14.6 Å². The molecule has 0 aromatic carbocycles. The zero-order valence-corrected chi connectivity index (χ0v) is 13.9. The van der Waals surface area contributed by atoms with Crippen molar-refractivity contribution in [2.24, 2.45) is 0 Å². The molecule has 1 unspecified atom stereocenters. The largest absolute Gasteiger partial charge is 0.349 e. The number of carbonyl (C=O) groups excluding carboxylic acids is 1. The minimum atomic E-state index is -3.10. The molecule has 0 saturated carbocycles. The summed E-state index contributed by atoms with van der Waals surface area (Å²) in [6.07, 6.45) is 5.70. The monoisotopic (exact) mass is 333 g/mol. The van der Waals surface area contributed by atoms with E-state index in [1.54, 1.807) is 44.6 Å². The van der Waals surface area contributed by atoms with Crippen LogP contribution in [0.2, 0.25) is 0 Å². The summed E-state index contributed by atoms with van der Waals surface area (Å²) in [5, 5.41) is 3.65. The Labute approximate surface area is 135 Å². The van der Waals surface area contributed by atoms with E-state index in [4.69, 9.17) is 0 Å². The van der Waals surface area contributed by atoms with Crippen molar-refractivity contribution in [3.05, 3.63) is 36.3 Å². The van der Waals surface area contributed by atoms with E-state index in [9.17, 15) is 13.2 Å². The lowest BCUT2D eigenvalue weighted by atomic mass is 9.99. The van der Waals surface area contributed by atoms with Crippen LogP contribution in [0.15, 0.2) is 30.7 Å². The number of nitrogens with zero attached hydrogens (tertiary/aromatic N) is 2. The maximum absolute atomic E-state index is 12.6. The molecule has 1 aliphatic rings. The summed E-state index contributed by atoms with van der Waals surface area (Å²) in [6, 6.07) is 3.26. The van der Waals surface area contributed by atoms with Gasteiger partial charge in [0, 0.05) is 30.0 Å². The molecule has 1 aliphatic heterocycles. The fraction of sp³-hybridized carbons (Fsp3) is 0.438. The first-order valence-corrected chi connectivity index (χ1v) is 9.17. The van der Waals surface area contributed by atoms with E-state index in [2.05, 4.69) is 15.3 Å². The molecule has 3 heterocycles. The molecule has 0 spiro atoms. The molecule has 2 aromatic heterocycles. The zero-order valence-electron chi connectivity index (χ0n) is 13.1. The van der Waals surface area contributed by atoms with Crippen LogP contribution in [0.1, 0.15) is 37.0 Å². The Morgan fingerprint density at radius 3 is 2.83 bits per heavy atom. The van der Waals surface area contributed by atoms with Gasteiger partial charge in [0.15, 0.2) is 9.84 Å². The number of sulfone groups is 1. The lowest BCUT2D eigenvalue weighted by Crippen LogP contribution is -2.49. The van der Waals surface area contributed by atoms with Gasteiger partial charge in [0.1, 0.15) is 0 Å². The molecular weight excluding hydrogens is 314 g/mol. The maximum atomic E-state index is 12.6. The molecule has 0 radical (unpaired) electrons. The fourth-order valence-electron chi connectivity index (χ4n) is 2.97. The van der Waals surface area contributed by atoms with E-state index in [0.717, 1.165) is 0 Å². The Bertz CT molecular complexity index is 857. The fourth-order valence-corrected chi connectivity index (χ4v) is 4.57. The van der Waals surface area contributed by atoms with Gasteiger partial charge in [-0.1, -0.05) is 0 Å². The normalized spacial score (nSPS) is 22.6. The molecule has 1 N–H and O–H groups in total. The Kier molecular flexibility index (Phi) is 3.83. The first-order valence-electron chi connectivity index (χ1n) is 7.52. The van der Waals surface area contributed by atoms with Crippen molar-refractivity contribution < 1.29 is 13.2 Å². The molecule has 7 heteroatoms. The van der Waals surface area contributed by atoms with E-state index in [0.29, 0.717) is 29.3 Å². The minimum Gasteiger partial charge on any atom is -0.349 e. The second-order valence-corrected chi connectivity index (χ2v) is 9.24. The lowest BCUT2D eigenvalue weighted by molar-refractivity contribution is 0.0932. The summed E-state index contributed by atoms with van der Waals surface area (Å²) in [5.41, 5.74) is 1.22. The van der Waals surface area contributed by atoms with Crippen LogP contribution in [0.4, 0.5) is 0 Å². The van der Waals surface area contributed by atoms with Crippen molar-refractivity contribution in [1.82, 2.24) is 15.3 Å². The van der Waals surface area contributed by atoms with E-state index in [1.165, 1.54) is 0 Å². The van der Waals surface area contributed by atoms with Gasteiger partial charge in [-0.05, 0) is 38.8 Å². The first-order chi connectivity index (χ1) is 10.8. The Hall–Kier alpha value is -2.02. The average Bonchev–Trinajstić information content (AvgIpc) is 2.50. The molecular formula is C16H19N3O3S. The smallest absolute Gasteiger partial charge is 0.252 e. The lowest BCUT2D eigenvalue weighted by Gasteiger charge is -2.35. The summed E-state index contributed by atoms with van der Waals surface area (Å²) in [7, 11) is -3.10. The van der Waals surface area contributed by atoms with Crippen molar-refractivity contribution in [1.29, 1.82) is 0 Å². The van der Waals surface area contributed by atoms with Gasteiger partial charge < -0.3 is 5.32 Å². The molecule has 6 nitrogen and oxygen atoms in total. The number of pyridine rings is 2. The number of carbonyl (C=O) groups is 1. The predicted octanol–water partition coefficient (Wildman–Crippen LogP) is 1.72. The zero-order chi connectivity index (χ0) is 16.7. The first kappa shape index (κ1) is 15.9. The molecule has 3 rings (SSSR count). The number of rotatable bonds is 2. The van der Waals surface area contributed by atoms with Crippen molar-refractivity contribution in [3.63, 3.8) is 0 Å². The molecule has 23 heavy (non-hydrogen) atoms. The highest BCUT2D eigenvalue weighted by Crippen LogP contribution is 2.30. The second kappa shape index (κ2) is 5.56. The van der Waals surface area contributed by atoms with Crippen LogP contribution >= 0.6 is 0 Å². The molecule has 1 saturated heterocycles. The highest BCUT2D eigenvalue weighted by molar-refractivity contribution is 7.92. The standard InChI is InChI=1S/C16H19N3O3S/c1-16(2)9-11(5-8-23(16,21)22)19-15(20)12-3-7-18-14-4-6-17-10-13(12)14/h3-4,6-7,10-11H,5,8-9H2,1-2H3,(H,19,20). The van der Waals surface area contributed by atoms with Gasteiger partial charge in [0.2, 0.25) is 0 Å². The van der Waals surface area contributed by atoms with E-state index >= 15 is 0 Å². The molecule has 2 aromatic rings. The predicted molar refractivity (Wildman–Crippen MR) is 87.9 cm³/mol. The number of nitrogens with one attached hydrogen (secondary N) is 1. The highest BCUT2D eigenvalue weighted by Gasteiger charge is 2.41. The van der Waals surface area contributed by atoms with Crippen LogP contribution in [0.3, 0.4) is 0 Å². The van der Waals surface area contributed by atoms with Crippen LogP contribution in [-0.2, 0) is 9.84 Å². The third-order valence-electron chi connectivity index (χ3n) is 4.44. The third kappa shape index (κ3) is 2.93. The maximum Gasteiger partial charge on any atom is 0.252 e. The van der Waals surface area contributed by atoms with Gasteiger partial charge >= 0.3 is 0 Å². The molecule has 1 atom stereocenters. The van der Waals surface area contributed by atoms with Crippen molar-refractivity contribution in [2.45, 2.75) is 37.5 Å². The number of hydrogen-bond donors (Lipinski definition) is 1. The van der Waals surface area contributed by atoms with Crippen LogP contribution in [0, 0.1) is 0 Å². The number of fused-ring (bicyclic) bond motifs is 1. The van der Waals surface area contributed by atoms with Crippen molar-refractivity contribution in [3.8, 4) is 0 Å². The molecule has 1 fully saturated rings. The molecule has 1 amide bonds. The van der Waals surface area contributed by atoms with Crippen LogP contribution in [0.25, 0.3) is 10.9 Å². The molecule has 122 valence electrons. The molecule has 0 bridgehead atoms. The van der Waals surface area contributed by atoms with Gasteiger partial charge in [0.05, 0.1) is 21.6 Å². The van der Waals surface area contributed by atoms with Crippen molar-refractivity contribution in [2.75, 3.05) is 5.75 Å². The van der Waals surface area contributed by atoms with Crippen LogP contribution in [-0.4, -0.2) is 40.8 Å². The Morgan fingerprint density at radius 2 is 2.09 bits per heavy atom. The van der Waals surface area contributed by atoms with Crippen LogP contribution in [0.5, 0.6) is 0 Å². The molecule has 0 aliphatic carbocycles. The number of hydrogen-bond acceptors (Lipinski definition) is 5. The van der Waals surface area contributed by atoms with E-state index in [-0.39, 0.29) is 17.7 Å². The quantitative estimate of drug-likeness (QED) is 0.904. The summed E-state index contributed by atoms with van der Waals surface area (Å²) < 4.78 is 23.3. The average molecular weight is 333 g/mol. The third-order valence-corrected chi connectivity index (χ3v) is 7.06. The Balaban J connectivity index is 1.82. The van der Waals surface area contributed by atoms with Gasteiger partial charge in [0.25, 0.3) is 5.91 Å². The van der Waals surface area contributed by atoms with Gasteiger partial charge in [-0.25, -0.2) is 8.42 Å². The van der Waals surface area contributed by atoms with Gasteiger partial charge in [-0.3, -0.25) is 14.8 Å². The van der Waals surface area contributed by atoms with Gasteiger partial charge in [-0.2, -0.15) is 0 Å². The summed E-state index contributed by atoms with van der Waals surface area (Å²) in [6.45, 7) is 3.43. The van der Waals surface area contributed by atoms with E-state index in [1.807, 2.05) is 0 Å². The van der Waals surface area contributed by atoms with Crippen molar-refractivity contribution >= 4 is 26.6 Å². The number of aromatic nitrogens is 2. The minimum absolute atomic E-state index is 0.101. The van der Waals surface area contributed by atoms with Gasteiger partial charge in [-0.15, -0.1) is 0 Å².